The van der Waals surface area contributed by atoms with Gasteiger partial charge in [-0.15, -0.1) is 0 Å². The minimum Gasteiger partial charge on any atom is -0.435 e. The summed E-state index contributed by atoms with van der Waals surface area (Å²) in [5.74, 6) is -0.447. The fourth-order valence-electron chi connectivity index (χ4n) is 1.77. The highest BCUT2D eigenvalue weighted by Crippen LogP contribution is 2.22. The summed E-state index contributed by atoms with van der Waals surface area (Å²) in [6.07, 6.45) is 0. The highest BCUT2D eigenvalue weighted by Gasteiger charge is 2.28. The smallest absolute Gasteiger partial charge is 0.387 e. The van der Waals surface area contributed by atoms with Crippen LogP contribution in [0.15, 0.2) is 24.3 Å². The van der Waals surface area contributed by atoms with Crippen molar-refractivity contribution in [1.82, 2.24) is 0 Å². The Hall–Kier alpha value is -1.40. The lowest BCUT2D eigenvalue weighted by atomic mass is 10.2. The fourth-order valence-corrected chi connectivity index (χ4v) is 1.77. The quantitative estimate of drug-likeness (QED) is 0.915. The lowest BCUT2D eigenvalue weighted by Gasteiger charge is -2.35. The summed E-state index contributed by atoms with van der Waals surface area (Å²) < 4.78 is 39.6. The van der Waals surface area contributed by atoms with Crippen LogP contribution in [-0.2, 0) is 9.47 Å². The molecule has 1 heterocycles. The summed E-state index contributed by atoms with van der Waals surface area (Å²) in [4.78, 5) is 0. The molecule has 0 amide bonds. The van der Waals surface area contributed by atoms with Crippen LogP contribution >= 0.6 is 0 Å². The molecule has 0 radical (unpaired) electrons. The van der Waals surface area contributed by atoms with Gasteiger partial charge in [-0.05, 0) is 26.0 Å². The van der Waals surface area contributed by atoms with Gasteiger partial charge in [0.05, 0.1) is 19.3 Å². The van der Waals surface area contributed by atoms with Crippen LogP contribution in [0.5, 0.6) is 5.75 Å². The molecule has 2 rings (SSSR count). The summed E-state index contributed by atoms with van der Waals surface area (Å²) in [6.45, 7) is 1.86. The molecule has 106 valence electrons. The molecule has 0 atom stereocenters. The average Bonchev–Trinajstić information content (AvgIpc) is 2.32. The average molecular weight is 273 g/mol. The molecule has 1 aliphatic rings. The Morgan fingerprint density at radius 1 is 1.32 bits per heavy atom. The number of benzene rings is 1. The van der Waals surface area contributed by atoms with E-state index in [-0.39, 0.29) is 11.8 Å². The van der Waals surface area contributed by atoms with Crippen LogP contribution < -0.4 is 10.1 Å². The van der Waals surface area contributed by atoms with Crippen molar-refractivity contribution in [3.05, 3.63) is 24.3 Å². The van der Waals surface area contributed by atoms with Crippen molar-refractivity contribution < 1.29 is 23.0 Å². The summed E-state index contributed by atoms with van der Waals surface area (Å²) in [6, 6.07) is 6.40. The number of rotatable bonds is 4. The van der Waals surface area contributed by atoms with Gasteiger partial charge in [-0.2, -0.15) is 8.78 Å². The van der Waals surface area contributed by atoms with Crippen LogP contribution in [-0.4, -0.2) is 31.7 Å². The second kappa shape index (κ2) is 5.71. The second-order valence-corrected chi connectivity index (χ2v) is 4.77. The SMILES string of the molecule is CC1(C)OCC(Nc2cccc(OC(F)F)c2)CO1. The first-order chi connectivity index (χ1) is 8.94. The maximum absolute atomic E-state index is 12.1. The van der Waals surface area contributed by atoms with Crippen molar-refractivity contribution in [1.29, 1.82) is 0 Å². The lowest BCUT2D eigenvalue weighted by molar-refractivity contribution is -0.247. The Morgan fingerprint density at radius 2 is 2.00 bits per heavy atom. The molecule has 0 saturated carbocycles. The van der Waals surface area contributed by atoms with E-state index in [1.54, 1.807) is 12.1 Å². The number of halogens is 2. The molecule has 1 fully saturated rings. The fraction of sp³-hybridized carbons (Fsp3) is 0.538. The topological polar surface area (TPSA) is 39.7 Å². The first-order valence-electron chi connectivity index (χ1n) is 6.04. The maximum Gasteiger partial charge on any atom is 0.387 e. The molecule has 0 unspecified atom stereocenters. The molecule has 1 aromatic carbocycles. The standard InChI is InChI=1S/C13H17F2NO3/c1-13(2)17-7-10(8-18-13)16-9-4-3-5-11(6-9)19-12(14)15/h3-6,10,12,16H,7-8H2,1-2H3. The van der Waals surface area contributed by atoms with Gasteiger partial charge < -0.3 is 19.5 Å². The zero-order valence-electron chi connectivity index (χ0n) is 10.9. The maximum atomic E-state index is 12.1. The van der Waals surface area contributed by atoms with E-state index in [9.17, 15) is 8.78 Å². The molecule has 1 saturated heterocycles. The lowest BCUT2D eigenvalue weighted by Crippen LogP contribution is -2.45. The van der Waals surface area contributed by atoms with Crippen LogP contribution in [0.2, 0.25) is 0 Å². The van der Waals surface area contributed by atoms with E-state index in [0.29, 0.717) is 18.9 Å². The minimum absolute atomic E-state index is 0.0187. The molecule has 1 N–H and O–H groups in total. The Labute approximate surface area is 110 Å². The van der Waals surface area contributed by atoms with Gasteiger partial charge in [0, 0.05) is 11.8 Å². The third-order valence-corrected chi connectivity index (χ3v) is 2.69. The van der Waals surface area contributed by atoms with Crippen molar-refractivity contribution in [2.45, 2.75) is 32.3 Å². The van der Waals surface area contributed by atoms with Gasteiger partial charge in [-0.1, -0.05) is 6.07 Å². The minimum atomic E-state index is -2.82. The predicted octanol–water partition coefficient (Wildman–Crippen LogP) is 2.85. The van der Waals surface area contributed by atoms with E-state index >= 15 is 0 Å². The first kappa shape index (κ1) is 14.0. The Bertz CT molecular complexity index is 416. The van der Waals surface area contributed by atoms with Gasteiger partial charge in [-0.3, -0.25) is 0 Å². The molecule has 1 aliphatic heterocycles. The molecular formula is C13H17F2NO3. The van der Waals surface area contributed by atoms with Crippen molar-refractivity contribution in [3.63, 3.8) is 0 Å². The van der Waals surface area contributed by atoms with E-state index in [1.165, 1.54) is 12.1 Å². The molecule has 0 spiro atoms. The van der Waals surface area contributed by atoms with Gasteiger partial charge in [0.2, 0.25) is 0 Å². The molecule has 19 heavy (non-hydrogen) atoms. The Morgan fingerprint density at radius 3 is 2.63 bits per heavy atom. The van der Waals surface area contributed by atoms with Crippen LogP contribution in [0.1, 0.15) is 13.8 Å². The summed E-state index contributed by atoms with van der Waals surface area (Å²) in [5, 5.41) is 3.16. The Kier molecular flexibility index (Phi) is 4.21. The third kappa shape index (κ3) is 4.33. The normalized spacial score (nSPS) is 19.4. The predicted molar refractivity (Wildman–Crippen MR) is 66.5 cm³/mol. The van der Waals surface area contributed by atoms with Crippen LogP contribution in [0.3, 0.4) is 0 Å². The van der Waals surface area contributed by atoms with Gasteiger partial charge in [0.25, 0.3) is 0 Å². The molecule has 1 aromatic rings. The van der Waals surface area contributed by atoms with Gasteiger partial charge in [0.15, 0.2) is 5.79 Å². The van der Waals surface area contributed by atoms with E-state index in [0.717, 1.165) is 0 Å². The summed E-state index contributed by atoms with van der Waals surface area (Å²) in [5.41, 5.74) is 0.690. The highest BCUT2D eigenvalue weighted by molar-refractivity contribution is 5.49. The largest absolute Gasteiger partial charge is 0.435 e. The van der Waals surface area contributed by atoms with Crippen molar-refractivity contribution in [2.75, 3.05) is 18.5 Å². The summed E-state index contributed by atoms with van der Waals surface area (Å²) in [7, 11) is 0. The number of alkyl halides is 2. The Balaban J connectivity index is 1.92. The van der Waals surface area contributed by atoms with Crippen molar-refractivity contribution in [2.24, 2.45) is 0 Å². The number of anilines is 1. The van der Waals surface area contributed by atoms with Gasteiger partial charge in [0.1, 0.15) is 5.75 Å². The van der Waals surface area contributed by atoms with Crippen LogP contribution in [0.25, 0.3) is 0 Å². The monoisotopic (exact) mass is 273 g/mol. The van der Waals surface area contributed by atoms with Crippen LogP contribution in [0.4, 0.5) is 14.5 Å². The zero-order valence-corrected chi connectivity index (χ0v) is 10.9. The van der Waals surface area contributed by atoms with E-state index in [1.807, 2.05) is 13.8 Å². The number of nitrogens with one attached hydrogen (secondary N) is 1. The summed E-state index contributed by atoms with van der Waals surface area (Å²) >= 11 is 0. The first-order valence-corrected chi connectivity index (χ1v) is 6.04. The van der Waals surface area contributed by atoms with Gasteiger partial charge in [-0.25, -0.2) is 0 Å². The van der Waals surface area contributed by atoms with Crippen molar-refractivity contribution >= 4 is 5.69 Å². The molecule has 6 heteroatoms. The highest BCUT2D eigenvalue weighted by atomic mass is 19.3. The van der Waals surface area contributed by atoms with E-state index in [2.05, 4.69) is 10.1 Å². The van der Waals surface area contributed by atoms with Crippen molar-refractivity contribution in [3.8, 4) is 5.75 Å². The van der Waals surface area contributed by atoms with E-state index in [4.69, 9.17) is 9.47 Å². The second-order valence-electron chi connectivity index (χ2n) is 4.77. The molecule has 0 bridgehead atoms. The molecule has 0 aromatic heterocycles. The third-order valence-electron chi connectivity index (χ3n) is 2.69. The molecule has 4 nitrogen and oxygen atoms in total. The number of hydrogen-bond donors (Lipinski definition) is 1. The number of ether oxygens (including phenoxy) is 3. The van der Waals surface area contributed by atoms with Crippen LogP contribution in [0, 0.1) is 0 Å². The molecular weight excluding hydrogens is 256 g/mol. The number of hydrogen-bond acceptors (Lipinski definition) is 4. The zero-order chi connectivity index (χ0) is 13.9. The van der Waals surface area contributed by atoms with E-state index < -0.39 is 12.4 Å². The van der Waals surface area contributed by atoms with Gasteiger partial charge >= 0.3 is 6.61 Å². The molecule has 0 aliphatic carbocycles.